The zero-order chi connectivity index (χ0) is 10.5. The lowest BCUT2D eigenvalue weighted by Crippen LogP contribution is -1.90. The normalized spacial score (nSPS) is 9.93. The molecule has 0 spiro atoms. The molecule has 0 bridgehead atoms. The molecule has 0 amide bonds. The van der Waals surface area contributed by atoms with Gasteiger partial charge in [0.05, 0.1) is 6.61 Å². The van der Waals surface area contributed by atoms with Crippen LogP contribution in [0.15, 0.2) is 34.7 Å². The van der Waals surface area contributed by atoms with Crippen molar-refractivity contribution < 1.29 is 9.15 Å². The fourth-order valence-corrected chi connectivity index (χ4v) is 1.09. The SMILES string of the molecule is CCOc1nnc(Nc2ccccc2)o1. The molecule has 5 nitrogen and oxygen atoms in total. The molecular weight excluding hydrogens is 194 g/mol. The molecule has 2 rings (SSSR count). The average Bonchev–Trinajstić information content (AvgIpc) is 2.68. The van der Waals surface area contributed by atoms with Crippen molar-refractivity contribution in [1.82, 2.24) is 10.2 Å². The number of rotatable bonds is 4. The molecule has 0 aliphatic heterocycles. The van der Waals surface area contributed by atoms with Gasteiger partial charge >= 0.3 is 12.1 Å². The predicted molar refractivity (Wildman–Crippen MR) is 55.2 cm³/mol. The number of ether oxygens (including phenoxy) is 1. The highest BCUT2D eigenvalue weighted by Crippen LogP contribution is 2.17. The third kappa shape index (κ3) is 2.46. The Hall–Kier alpha value is -2.04. The lowest BCUT2D eigenvalue weighted by Gasteiger charge is -1.98. The minimum atomic E-state index is 0.177. The Balaban J connectivity index is 2.05. The molecule has 0 saturated carbocycles. The van der Waals surface area contributed by atoms with Gasteiger partial charge in [-0.25, -0.2) is 0 Å². The summed E-state index contributed by atoms with van der Waals surface area (Å²) in [6.07, 6.45) is 0.177. The molecule has 1 heterocycles. The molecule has 1 N–H and O–H groups in total. The van der Waals surface area contributed by atoms with E-state index in [1.807, 2.05) is 37.3 Å². The number of nitrogens with one attached hydrogen (secondary N) is 1. The maximum atomic E-state index is 5.17. The van der Waals surface area contributed by atoms with Gasteiger partial charge in [0.2, 0.25) is 0 Å². The Kier molecular flexibility index (Phi) is 2.82. The lowest BCUT2D eigenvalue weighted by atomic mass is 10.3. The van der Waals surface area contributed by atoms with E-state index in [4.69, 9.17) is 9.15 Å². The first-order valence-corrected chi connectivity index (χ1v) is 4.67. The maximum Gasteiger partial charge on any atom is 0.416 e. The van der Waals surface area contributed by atoms with Crippen molar-refractivity contribution in [3.05, 3.63) is 30.3 Å². The van der Waals surface area contributed by atoms with Gasteiger partial charge in [0, 0.05) is 5.69 Å². The molecule has 2 aromatic rings. The first-order valence-electron chi connectivity index (χ1n) is 4.67. The summed E-state index contributed by atoms with van der Waals surface area (Å²) in [4.78, 5) is 0. The molecule has 5 heteroatoms. The molecule has 0 unspecified atom stereocenters. The van der Waals surface area contributed by atoms with Gasteiger partial charge in [-0.1, -0.05) is 28.4 Å². The van der Waals surface area contributed by atoms with E-state index in [1.54, 1.807) is 0 Å². The third-order valence-electron chi connectivity index (χ3n) is 1.70. The summed E-state index contributed by atoms with van der Waals surface area (Å²) in [5.41, 5.74) is 0.893. The first kappa shape index (κ1) is 9.51. The van der Waals surface area contributed by atoms with Crippen molar-refractivity contribution in [3.63, 3.8) is 0 Å². The van der Waals surface area contributed by atoms with E-state index < -0.39 is 0 Å². The minimum Gasteiger partial charge on any atom is -0.449 e. The van der Waals surface area contributed by atoms with Crippen LogP contribution in [0.4, 0.5) is 11.7 Å². The zero-order valence-electron chi connectivity index (χ0n) is 8.30. The van der Waals surface area contributed by atoms with E-state index >= 15 is 0 Å². The van der Waals surface area contributed by atoms with Crippen LogP contribution in [0.5, 0.6) is 6.08 Å². The molecule has 0 radical (unpaired) electrons. The Morgan fingerprint density at radius 2 is 2.07 bits per heavy atom. The highest BCUT2D eigenvalue weighted by atomic mass is 16.6. The van der Waals surface area contributed by atoms with Crippen molar-refractivity contribution in [2.75, 3.05) is 11.9 Å². The van der Waals surface area contributed by atoms with Crippen LogP contribution in [-0.2, 0) is 0 Å². The Labute approximate surface area is 87.1 Å². The summed E-state index contributed by atoms with van der Waals surface area (Å²) in [7, 11) is 0. The second kappa shape index (κ2) is 4.45. The molecule has 1 aromatic heterocycles. The van der Waals surface area contributed by atoms with Crippen molar-refractivity contribution in [3.8, 4) is 6.08 Å². The highest BCUT2D eigenvalue weighted by molar-refractivity contribution is 5.51. The topological polar surface area (TPSA) is 60.2 Å². The van der Waals surface area contributed by atoms with E-state index in [1.165, 1.54) is 0 Å². The standard InChI is InChI=1S/C10H11N3O2/c1-2-14-10-13-12-9(15-10)11-8-6-4-3-5-7-8/h3-7H,2H2,1H3,(H,11,12). The summed E-state index contributed by atoms with van der Waals surface area (Å²) in [6.45, 7) is 2.36. The van der Waals surface area contributed by atoms with Gasteiger partial charge < -0.3 is 14.5 Å². The number of anilines is 2. The summed E-state index contributed by atoms with van der Waals surface area (Å²) in [6, 6.07) is 9.91. The van der Waals surface area contributed by atoms with Crippen LogP contribution in [0.3, 0.4) is 0 Å². The van der Waals surface area contributed by atoms with Crippen LogP contribution < -0.4 is 10.1 Å². The molecule has 0 fully saturated rings. The number of hydrogen-bond donors (Lipinski definition) is 1. The van der Waals surface area contributed by atoms with Gasteiger partial charge in [-0.15, -0.1) is 0 Å². The van der Waals surface area contributed by atoms with Crippen molar-refractivity contribution in [2.45, 2.75) is 6.92 Å². The fraction of sp³-hybridized carbons (Fsp3) is 0.200. The van der Waals surface area contributed by atoms with Gasteiger partial charge in [-0.05, 0) is 19.1 Å². The van der Waals surface area contributed by atoms with E-state index in [0.29, 0.717) is 12.6 Å². The van der Waals surface area contributed by atoms with E-state index in [-0.39, 0.29) is 6.08 Å². The van der Waals surface area contributed by atoms with Gasteiger partial charge in [0.1, 0.15) is 0 Å². The van der Waals surface area contributed by atoms with E-state index in [0.717, 1.165) is 5.69 Å². The quantitative estimate of drug-likeness (QED) is 0.829. The van der Waals surface area contributed by atoms with Crippen LogP contribution in [0.25, 0.3) is 0 Å². The van der Waals surface area contributed by atoms with Gasteiger partial charge in [-0.2, -0.15) is 0 Å². The number of para-hydroxylation sites is 1. The van der Waals surface area contributed by atoms with E-state index in [9.17, 15) is 0 Å². The molecular formula is C10H11N3O2. The summed E-state index contributed by atoms with van der Waals surface area (Å²) < 4.78 is 10.2. The molecule has 0 atom stereocenters. The van der Waals surface area contributed by atoms with Gasteiger partial charge in [0.25, 0.3) is 0 Å². The highest BCUT2D eigenvalue weighted by Gasteiger charge is 2.05. The Morgan fingerprint density at radius 1 is 1.27 bits per heavy atom. The summed E-state index contributed by atoms with van der Waals surface area (Å²) in [5.74, 6) is 0. The molecule has 78 valence electrons. The third-order valence-corrected chi connectivity index (χ3v) is 1.70. The van der Waals surface area contributed by atoms with Crippen LogP contribution in [0.2, 0.25) is 0 Å². The number of aromatic nitrogens is 2. The van der Waals surface area contributed by atoms with Crippen LogP contribution in [0.1, 0.15) is 6.92 Å². The number of nitrogens with zero attached hydrogens (tertiary/aromatic N) is 2. The second-order valence-corrected chi connectivity index (χ2v) is 2.80. The van der Waals surface area contributed by atoms with Crippen molar-refractivity contribution >= 4 is 11.7 Å². The first-order chi connectivity index (χ1) is 7.38. The monoisotopic (exact) mass is 205 g/mol. The van der Waals surface area contributed by atoms with Crippen LogP contribution in [0, 0.1) is 0 Å². The smallest absolute Gasteiger partial charge is 0.416 e. The predicted octanol–water partition coefficient (Wildman–Crippen LogP) is 2.21. The molecule has 1 aromatic carbocycles. The summed E-state index contributed by atoms with van der Waals surface area (Å²) in [5, 5.41) is 10.4. The second-order valence-electron chi connectivity index (χ2n) is 2.80. The largest absolute Gasteiger partial charge is 0.449 e. The fourth-order valence-electron chi connectivity index (χ4n) is 1.09. The zero-order valence-corrected chi connectivity index (χ0v) is 8.30. The summed E-state index contributed by atoms with van der Waals surface area (Å²) >= 11 is 0. The van der Waals surface area contributed by atoms with E-state index in [2.05, 4.69) is 15.5 Å². The Bertz CT molecular complexity index is 414. The number of benzene rings is 1. The average molecular weight is 205 g/mol. The maximum absolute atomic E-state index is 5.17. The van der Waals surface area contributed by atoms with Crippen LogP contribution in [-0.4, -0.2) is 16.8 Å². The Morgan fingerprint density at radius 3 is 2.80 bits per heavy atom. The molecule has 0 aliphatic rings. The van der Waals surface area contributed by atoms with Crippen molar-refractivity contribution in [2.24, 2.45) is 0 Å². The lowest BCUT2D eigenvalue weighted by molar-refractivity contribution is 0.247. The molecule has 0 saturated heterocycles. The number of hydrogen-bond acceptors (Lipinski definition) is 5. The molecule has 15 heavy (non-hydrogen) atoms. The van der Waals surface area contributed by atoms with Crippen LogP contribution >= 0.6 is 0 Å². The molecule has 0 aliphatic carbocycles. The van der Waals surface area contributed by atoms with Crippen molar-refractivity contribution in [1.29, 1.82) is 0 Å². The minimum absolute atomic E-state index is 0.177. The van der Waals surface area contributed by atoms with Gasteiger partial charge in [0.15, 0.2) is 0 Å². The van der Waals surface area contributed by atoms with Gasteiger partial charge in [-0.3, -0.25) is 0 Å².